The van der Waals surface area contributed by atoms with Crippen LogP contribution in [0.4, 0.5) is 0 Å². The molecule has 2 heterocycles. The molecule has 6 heteroatoms. The van der Waals surface area contributed by atoms with Crippen molar-refractivity contribution >= 4 is 10.8 Å². The second-order valence-electron chi connectivity index (χ2n) is 6.14. The molecule has 3 rings (SSSR count). The summed E-state index contributed by atoms with van der Waals surface area (Å²) in [7, 11) is -1.24. The van der Waals surface area contributed by atoms with Gasteiger partial charge >= 0.3 is 5.22 Å². The lowest BCUT2D eigenvalue weighted by atomic mass is 10.1. The van der Waals surface area contributed by atoms with Crippen LogP contribution in [0.3, 0.4) is 0 Å². The largest absolute Gasteiger partial charge is 0.408 e. The van der Waals surface area contributed by atoms with E-state index in [4.69, 9.17) is 4.42 Å². The first-order chi connectivity index (χ1) is 12.8. The van der Waals surface area contributed by atoms with Gasteiger partial charge in [0.25, 0.3) is 5.89 Å². The molecule has 0 radical (unpaired) electrons. The minimum Gasteiger partial charge on any atom is -0.408 e. The Balaban J connectivity index is 1.33. The summed E-state index contributed by atoms with van der Waals surface area (Å²) >= 11 is 0. The third kappa shape index (κ3) is 5.59. The predicted octanol–water partition coefficient (Wildman–Crippen LogP) is 4.43. The van der Waals surface area contributed by atoms with Gasteiger partial charge in [0, 0.05) is 11.9 Å². The van der Waals surface area contributed by atoms with Gasteiger partial charge in [0.05, 0.1) is 0 Å². The van der Waals surface area contributed by atoms with Gasteiger partial charge in [-0.3, -0.25) is 4.98 Å². The molecule has 0 amide bonds. The number of hydrogen-bond donors (Lipinski definition) is 0. The van der Waals surface area contributed by atoms with Crippen molar-refractivity contribution < 1.29 is 8.63 Å². The predicted molar refractivity (Wildman–Crippen MR) is 102 cm³/mol. The number of hydrogen-bond acceptors (Lipinski definition) is 5. The molecular weight excluding hydrogens is 346 g/mol. The van der Waals surface area contributed by atoms with Gasteiger partial charge < -0.3 is 4.42 Å². The lowest BCUT2D eigenvalue weighted by Gasteiger charge is -2.02. The normalized spacial score (nSPS) is 12.2. The van der Waals surface area contributed by atoms with E-state index in [1.807, 2.05) is 18.2 Å². The maximum atomic E-state index is 12.3. The standard InChI is InChI=1S/C20H23N3O2S/c24-26(20-23-22-19(25-20)18-14-8-9-15-21-18)16-10-3-1-2-5-11-17-12-6-4-7-13-17/h4,6-9,12-15H,1-3,5,10-11,16H2. The third-order valence-corrected chi connectivity index (χ3v) is 5.34. The topological polar surface area (TPSA) is 68.9 Å². The first-order valence-electron chi connectivity index (χ1n) is 9.00. The highest BCUT2D eigenvalue weighted by Crippen LogP contribution is 2.17. The molecule has 0 saturated heterocycles. The Bertz CT molecular complexity index is 806. The Morgan fingerprint density at radius 2 is 1.62 bits per heavy atom. The van der Waals surface area contributed by atoms with Gasteiger partial charge in [-0.25, -0.2) is 4.21 Å². The molecule has 2 aromatic heterocycles. The number of benzene rings is 1. The van der Waals surface area contributed by atoms with Crippen molar-refractivity contribution in [2.24, 2.45) is 0 Å². The van der Waals surface area contributed by atoms with Crippen LogP contribution in [-0.2, 0) is 17.2 Å². The molecule has 5 nitrogen and oxygen atoms in total. The minimum atomic E-state index is -1.24. The zero-order valence-electron chi connectivity index (χ0n) is 14.7. The lowest BCUT2D eigenvalue weighted by molar-refractivity contribution is 0.454. The van der Waals surface area contributed by atoms with Crippen molar-refractivity contribution in [3.8, 4) is 11.6 Å². The van der Waals surface area contributed by atoms with E-state index in [0.29, 0.717) is 17.3 Å². The van der Waals surface area contributed by atoms with Crippen molar-refractivity contribution in [2.75, 3.05) is 5.75 Å². The van der Waals surface area contributed by atoms with Gasteiger partial charge in [-0.15, -0.1) is 5.10 Å². The first kappa shape index (κ1) is 18.5. The fraction of sp³-hybridized carbons (Fsp3) is 0.350. The third-order valence-electron chi connectivity index (χ3n) is 4.12. The van der Waals surface area contributed by atoms with E-state index < -0.39 is 10.8 Å². The van der Waals surface area contributed by atoms with Crippen molar-refractivity contribution in [3.63, 3.8) is 0 Å². The summed E-state index contributed by atoms with van der Waals surface area (Å²) in [4.78, 5) is 4.15. The van der Waals surface area contributed by atoms with Crippen LogP contribution < -0.4 is 0 Å². The van der Waals surface area contributed by atoms with E-state index in [2.05, 4.69) is 39.4 Å². The highest BCUT2D eigenvalue weighted by atomic mass is 32.2. The summed E-state index contributed by atoms with van der Waals surface area (Å²) in [6.45, 7) is 0. The van der Waals surface area contributed by atoms with Crippen LogP contribution in [0, 0.1) is 0 Å². The summed E-state index contributed by atoms with van der Waals surface area (Å²) in [6.07, 6.45) is 8.32. The van der Waals surface area contributed by atoms with Gasteiger partial charge in [-0.2, -0.15) is 0 Å². The maximum absolute atomic E-state index is 12.3. The highest BCUT2D eigenvalue weighted by Gasteiger charge is 2.14. The van der Waals surface area contributed by atoms with Gasteiger partial charge in [0.2, 0.25) is 0 Å². The number of aromatic nitrogens is 3. The summed E-state index contributed by atoms with van der Waals surface area (Å²) < 4.78 is 17.7. The number of pyridine rings is 1. The van der Waals surface area contributed by atoms with Crippen molar-refractivity contribution in [1.82, 2.24) is 15.2 Å². The minimum absolute atomic E-state index is 0.190. The Labute approximate surface area is 156 Å². The van der Waals surface area contributed by atoms with Gasteiger partial charge in [0.15, 0.2) is 0 Å². The summed E-state index contributed by atoms with van der Waals surface area (Å²) in [5.74, 6) is 0.873. The quantitative estimate of drug-likeness (QED) is 0.494. The first-order valence-corrected chi connectivity index (χ1v) is 10.3. The van der Waals surface area contributed by atoms with E-state index >= 15 is 0 Å². The second-order valence-corrected chi connectivity index (χ2v) is 7.59. The van der Waals surface area contributed by atoms with Crippen LogP contribution in [0.5, 0.6) is 0 Å². The smallest absolute Gasteiger partial charge is 0.307 e. The molecule has 0 aliphatic rings. The molecule has 3 aromatic rings. The molecule has 0 saturated carbocycles. The molecule has 0 aliphatic carbocycles. The van der Waals surface area contributed by atoms with E-state index in [9.17, 15) is 4.21 Å². The zero-order chi connectivity index (χ0) is 18.0. The average Bonchev–Trinajstić information content (AvgIpc) is 3.19. The van der Waals surface area contributed by atoms with Crippen LogP contribution in [-0.4, -0.2) is 25.1 Å². The molecule has 0 spiro atoms. The van der Waals surface area contributed by atoms with E-state index in [1.165, 1.54) is 18.4 Å². The summed E-state index contributed by atoms with van der Waals surface area (Å²) in [5, 5.41) is 8.02. The summed E-state index contributed by atoms with van der Waals surface area (Å²) in [5.41, 5.74) is 2.00. The van der Waals surface area contributed by atoms with Crippen molar-refractivity contribution in [2.45, 2.75) is 43.7 Å². The molecule has 0 N–H and O–H groups in total. The second kappa shape index (κ2) is 9.97. The Morgan fingerprint density at radius 3 is 2.42 bits per heavy atom. The molecule has 0 aliphatic heterocycles. The van der Waals surface area contributed by atoms with Crippen molar-refractivity contribution in [1.29, 1.82) is 0 Å². The Morgan fingerprint density at radius 1 is 0.846 bits per heavy atom. The molecule has 1 aromatic carbocycles. The number of unbranched alkanes of at least 4 members (excludes halogenated alkanes) is 4. The number of rotatable bonds is 10. The van der Waals surface area contributed by atoms with Crippen molar-refractivity contribution in [3.05, 3.63) is 60.3 Å². The highest BCUT2D eigenvalue weighted by molar-refractivity contribution is 7.84. The lowest BCUT2D eigenvalue weighted by Crippen LogP contribution is -1.98. The molecule has 26 heavy (non-hydrogen) atoms. The van der Waals surface area contributed by atoms with Gasteiger partial charge in [-0.05, 0) is 37.0 Å². The van der Waals surface area contributed by atoms with Crippen LogP contribution in [0.1, 0.15) is 37.7 Å². The maximum Gasteiger partial charge on any atom is 0.307 e. The number of nitrogens with zero attached hydrogens (tertiary/aromatic N) is 3. The van der Waals surface area contributed by atoms with Crippen LogP contribution in [0.25, 0.3) is 11.6 Å². The van der Waals surface area contributed by atoms with Crippen LogP contribution >= 0.6 is 0 Å². The monoisotopic (exact) mass is 369 g/mol. The Hall–Kier alpha value is -2.34. The molecule has 1 unspecified atom stereocenters. The fourth-order valence-electron chi connectivity index (χ4n) is 2.72. The molecule has 136 valence electrons. The van der Waals surface area contributed by atoms with E-state index in [1.54, 1.807) is 12.3 Å². The van der Waals surface area contributed by atoms with E-state index in [-0.39, 0.29) is 5.22 Å². The molecular formula is C20H23N3O2S. The molecule has 0 fully saturated rings. The molecule has 1 atom stereocenters. The Kier molecular flexibility index (Phi) is 7.07. The average molecular weight is 369 g/mol. The van der Waals surface area contributed by atoms with Crippen LogP contribution in [0.2, 0.25) is 0 Å². The summed E-state index contributed by atoms with van der Waals surface area (Å²) in [6, 6.07) is 16.0. The van der Waals surface area contributed by atoms with Crippen LogP contribution in [0.15, 0.2) is 64.4 Å². The fourth-order valence-corrected chi connectivity index (χ4v) is 3.66. The molecule has 0 bridgehead atoms. The van der Waals surface area contributed by atoms with Gasteiger partial charge in [-0.1, -0.05) is 60.8 Å². The van der Waals surface area contributed by atoms with Gasteiger partial charge in [0.1, 0.15) is 16.5 Å². The van der Waals surface area contributed by atoms with E-state index in [0.717, 1.165) is 25.7 Å². The number of aryl methyl sites for hydroxylation is 1. The SMILES string of the molecule is O=S(CCCCCCCc1ccccc1)c1nnc(-c2ccccn2)o1. The zero-order valence-corrected chi connectivity index (χ0v) is 15.5.